The van der Waals surface area contributed by atoms with E-state index in [9.17, 15) is 4.39 Å². The van der Waals surface area contributed by atoms with Gasteiger partial charge >= 0.3 is 0 Å². The lowest BCUT2D eigenvalue weighted by Gasteiger charge is -2.37. The predicted molar refractivity (Wildman–Crippen MR) is 119 cm³/mol. The summed E-state index contributed by atoms with van der Waals surface area (Å²) in [5.41, 5.74) is 3.23. The summed E-state index contributed by atoms with van der Waals surface area (Å²) in [5.74, 6) is 0.631. The maximum absolute atomic E-state index is 13.1. The molecule has 0 atom stereocenters. The third-order valence-electron chi connectivity index (χ3n) is 5.11. The molecule has 0 spiro atoms. The van der Waals surface area contributed by atoms with Crippen LogP contribution in [0, 0.1) is 5.82 Å². The Hall–Kier alpha value is -2.92. The van der Waals surface area contributed by atoms with Crippen LogP contribution in [-0.4, -0.2) is 36.1 Å². The Morgan fingerprint density at radius 1 is 0.828 bits per heavy atom. The van der Waals surface area contributed by atoms with Crippen LogP contribution in [-0.2, 0) is 6.61 Å². The Labute approximate surface area is 176 Å². The van der Waals surface area contributed by atoms with E-state index in [0.29, 0.717) is 6.61 Å². The van der Waals surface area contributed by atoms with Gasteiger partial charge in [-0.15, -0.1) is 0 Å². The Morgan fingerprint density at radius 3 is 2.14 bits per heavy atom. The number of benzene rings is 3. The normalized spacial score (nSPS) is 14.0. The smallest absolute Gasteiger partial charge is 0.123 e. The SMILES string of the molecule is Fc1ccc(N2CCN(C(=S)c3ccc(OCc4ccccc4)cc3)CC2)cc1. The van der Waals surface area contributed by atoms with Crippen LogP contribution < -0.4 is 9.64 Å². The van der Waals surface area contributed by atoms with Crippen molar-refractivity contribution in [2.24, 2.45) is 0 Å². The lowest BCUT2D eigenvalue weighted by atomic mass is 10.1. The van der Waals surface area contributed by atoms with Gasteiger partial charge in [-0.1, -0.05) is 42.5 Å². The molecule has 5 heteroatoms. The van der Waals surface area contributed by atoms with Crippen molar-refractivity contribution < 1.29 is 9.13 Å². The third kappa shape index (κ3) is 4.93. The molecule has 1 aliphatic heterocycles. The second kappa shape index (κ2) is 9.05. The highest BCUT2D eigenvalue weighted by atomic mass is 32.1. The number of rotatable bonds is 5. The second-order valence-electron chi connectivity index (χ2n) is 7.05. The van der Waals surface area contributed by atoms with Gasteiger partial charge in [0.1, 0.15) is 23.2 Å². The minimum Gasteiger partial charge on any atom is -0.489 e. The molecule has 1 saturated heterocycles. The van der Waals surface area contributed by atoms with Crippen LogP contribution in [0.2, 0.25) is 0 Å². The first-order valence-corrected chi connectivity index (χ1v) is 10.2. The summed E-state index contributed by atoms with van der Waals surface area (Å²) in [4.78, 5) is 5.35. The number of anilines is 1. The lowest BCUT2D eigenvalue weighted by Crippen LogP contribution is -2.48. The number of ether oxygens (including phenoxy) is 1. The number of nitrogens with zero attached hydrogens (tertiary/aromatic N) is 2. The average molecular weight is 407 g/mol. The summed E-state index contributed by atoms with van der Waals surface area (Å²) in [6, 6.07) is 24.8. The van der Waals surface area contributed by atoms with E-state index in [1.54, 1.807) is 0 Å². The maximum atomic E-state index is 13.1. The molecule has 0 bridgehead atoms. The van der Waals surface area contributed by atoms with E-state index in [1.165, 1.54) is 12.1 Å². The van der Waals surface area contributed by atoms with Crippen molar-refractivity contribution >= 4 is 22.9 Å². The van der Waals surface area contributed by atoms with Crippen LogP contribution in [0.1, 0.15) is 11.1 Å². The van der Waals surface area contributed by atoms with E-state index in [4.69, 9.17) is 17.0 Å². The number of thiocarbonyl (C=S) groups is 1. The molecule has 0 radical (unpaired) electrons. The monoisotopic (exact) mass is 406 g/mol. The Kier molecular flexibility index (Phi) is 6.06. The topological polar surface area (TPSA) is 15.7 Å². The van der Waals surface area contributed by atoms with Gasteiger partial charge in [0.25, 0.3) is 0 Å². The van der Waals surface area contributed by atoms with Gasteiger partial charge in [0.15, 0.2) is 0 Å². The fourth-order valence-electron chi connectivity index (χ4n) is 3.44. The van der Waals surface area contributed by atoms with Crippen LogP contribution in [0.4, 0.5) is 10.1 Å². The Morgan fingerprint density at radius 2 is 1.48 bits per heavy atom. The number of hydrogen-bond acceptors (Lipinski definition) is 3. The molecule has 3 nitrogen and oxygen atoms in total. The average Bonchev–Trinajstić information content (AvgIpc) is 2.79. The molecule has 3 aromatic rings. The minimum absolute atomic E-state index is 0.204. The molecule has 0 N–H and O–H groups in total. The van der Waals surface area contributed by atoms with Gasteiger partial charge in [0.05, 0.1) is 0 Å². The summed E-state index contributed by atoms with van der Waals surface area (Å²) in [6.07, 6.45) is 0. The number of halogens is 1. The molecule has 1 fully saturated rings. The third-order valence-corrected chi connectivity index (χ3v) is 5.60. The molecular weight excluding hydrogens is 383 g/mol. The second-order valence-corrected chi connectivity index (χ2v) is 7.44. The summed E-state index contributed by atoms with van der Waals surface area (Å²) in [7, 11) is 0. The quantitative estimate of drug-likeness (QED) is 0.560. The van der Waals surface area contributed by atoms with Crippen LogP contribution in [0.15, 0.2) is 78.9 Å². The van der Waals surface area contributed by atoms with Crippen LogP contribution in [0.5, 0.6) is 5.75 Å². The highest BCUT2D eigenvalue weighted by Crippen LogP contribution is 2.20. The van der Waals surface area contributed by atoms with Crippen molar-refractivity contribution in [3.05, 3.63) is 95.8 Å². The van der Waals surface area contributed by atoms with E-state index in [2.05, 4.69) is 21.9 Å². The maximum Gasteiger partial charge on any atom is 0.123 e. The summed E-state index contributed by atoms with van der Waals surface area (Å²) < 4.78 is 19.0. The first kappa shape index (κ1) is 19.4. The summed E-state index contributed by atoms with van der Waals surface area (Å²) in [6.45, 7) is 3.98. The predicted octanol–water partition coefficient (Wildman–Crippen LogP) is 4.90. The van der Waals surface area contributed by atoms with Crippen molar-refractivity contribution in [1.82, 2.24) is 4.90 Å². The molecule has 4 rings (SSSR count). The van der Waals surface area contributed by atoms with Crippen LogP contribution >= 0.6 is 12.2 Å². The first-order valence-electron chi connectivity index (χ1n) is 9.76. The van der Waals surface area contributed by atoms with Gasteiger partial charge in [-0.05, 0) is 54.1 Å². The molecule has 29 heavy (non-hydrogen) atoms. The fraction of sp³-hybridized carbons (Fsp3) is 0.208. The van der Waals surface area contributed by atoms with Crippen molar-refractivity contribution in [3.8, 4) is 5.75 Å². The van der Waals surface area contributed by atoms with Gasteiger partial charge in [-0.2, -0.15) is 0 Å². The fourth-order valence-corrected chi connectivity index (χ4v) is 3.76. The van der Waals surface area contributed by atoms with Gasteiger partial charge in [0.2, 0.25) is 0 Å². The molecule has 1 heterocycles. The molecule has 1 aliphatic rings. The largest absolute Gasteiger partial charge is 0.489 e. The molecule has 0 aromatic heterocycles. The molecule has 3 aromatic carbocycles. The Balaban J connectivity index is 1.31. The van der Waals surface area contributed by atoms with Crippen molar-refractivity contribution in [2.45, 2.75) is 6.61 Å². The van der Waals surface area contributed by atoms with Crippen molar-refractivity contribution in [1.29, 1.82) is 0 Å². The standard InChI is InChI=1S/C24H23FN2OS/c25-21-8-10-22(11-9-21)26-14-16-27(17-15-26)24(29)20-6-12-23(13-7-20)28-18-19-4-2-1-3-5-19/h1-13H,14-18H2. The number of piperazine rings is 1. The van der Waals surface area contributed by atoms with Crippen LogP contribution in [0.25, 0.3) is 0 Å². The summed E-state index contributed by atoms with van der Waals surface area (Å²) in [5, 5.41) is 0. The van der Waals surface area contributed by atoms with E-state index < -0.39 is 0 Å². The number of hydrogen-bond donors (Lipinski definition) is 0. The molecule has 0 saturated carbocycles. The lowest BCUT2D eigenvalue weighted by molar-refractivity contribution is 0.306. The van der Waals surface area contributed by atoms with E-state index in [0.717, 1.165) is 53.7 Å². The van der Waals surface area contributed by atoms with Crippen molar-refractivity contribution in [3.63, 3.8) is 0 Å². The van der Waals surface area contributed by atoms with Gasteiger partial charge in [-0.25, -0.2) is 4.39 Å². The molecule has 0 unspecified atom stereocenters. The zero-order chi connectivity index (χ0) is 20.1. The van der Waals surface area contributed by atoms with Crippen LogP contribution in [0.3, 0.4) is 0 Å². The van der Waals surface area contributed by atoms with Gasteiger partial charge in [0, 0.05) is 37.4 Å². The molecule has 0 aliphatic carbocycles. The Bertz CT molecular complexity index is 937. The van der Waals surface area contributed by atoms with Crippen molar-refractivity contribution in [2.75, 3.05) is 31.1 Å². The van der Waals surface area contributed by atoms with Gasteiger partial charge in [-0.3, -0.25) is 0 Å². The van der Waals surface area contributed by atoms with E-state index in [1.807, 2.05) is 54.6 Å². The summed E-state index contributed by atoms with van der Waals surface area (Å²) >= 11 is 5.71. The van der Waals surface area contributed by atoms with Gasteiger partial charge < -0.3 is 14.5 Å². The minimum atomic E-state index is -0.204. The molecule has 0 amide bonds. The first-order chi connectivity index (χ1) is 14.2. The van der Waals surface area contributed by atoms with E-state index >= 15 is 0 Å². The zero-order valence-corrected chi connectivity index (χ0v) is 16.9. The highest BCUT2D eigenvalue weighted by molar-refractivity contribution is 7.80. The molecular formula is C24H23FN2OS. The highest BCUT2D eigenvalue weighted by Gasteiger charge is 2.20. The molecule has 148 valence electrons. The van der Waals surface area contributed by atoms with E-state index in [-0.39, 0.29) is 5.82 Å². The zero-order valence-electron chi connectivity index (χ0n) is 16.1.